The van der Waals surface area contributed by atoms with E-state index in [1.807, 2.05) is 0 Å². The van der Waals surface area contributed by atoms with Gasteiger partial charge in [-0.25, -0.2) is 0 Å². The maximum absolute atomic E-state index is 12.5. The molecule has 0 bridgehead atoms. The van der Waals surface area contributed by atoms with Crippen LogP contribution in [0, 0.1) is 20.2 Å². The third-order valence-corrected chi connectivity index (χ3v) is 4.82. The predicted octanol–water partition coefficient (Wildman–Crippen LogP) is 5.31. The molecule has 3 aromatic carbocycles. The highest BCUT2D eigenvalue weighted by atomic mass is 35.5. The molecule has 2 N–H and O–H groups in total. The second-order valence-electron chi connectivity index (χ2n) is 6.33. The number of hydrogen-bond donors (Lipinski definition) is 2. The van der Waals surface area contributed by atoms with E-state index < -0.39 is 21.7 Å². The molecule has 10 nitrogen and oxygen atoms in total. The normalized spacial score (nSPS) is 10.3. The van der Waals surface area contributed by atoms with Crippen LogP contribution in [0.1, 0.15) is 20.7 Å². The van der Waals surface area contributed by atoms with E-state index in [1.165, 1.54) is 18.2 Å². The average Bonchev–Trinajstić information content (AvgIpc) is 2.73. The number of amides is 2. The number of hydrogen-bond acceptors (Lipinski definition) is 6. The topological polar surface area (TPSA) is 144 Å². The Morgan fingerprint density at radius 2 is 1.09 bits per heavy atom. The van der Waals surface area contributed by atoms with Crippen LogP contribution in [0.25, 0.3) is 0 Å². The quantitative estimate of drug-likeness (QED) is 0.365. The number of carbonyl (C=O) groups excluding carboxylic acids is 2. The van der Waals surface area contributed by atoms with Crippen molar-refractivity contribution in [3.63, 3.8) is 0 Å². The van der Waals surface area contributed by atoms with Crippen molar-refractivity contribution in [2.24, 2.45) is 0 Å². The van der Waals surface area contributed by atoms with Gasteiger partial charge in [-0.05, 0) is 30.3 Å². The minimum absolute atomic E-state index is 0.0318. The fourth-order valence-corrected chi connectivity index (χ4v) is 3.20. The summed E-state index contributed by atoms with van der Waals surface area (Å²) in [5.41, 5.74) is 0.199. The number of carbonyl (C=O) groups is 2. The maximum atomic E-state index is 12.5. The molecule has 3 rings (SSSR count). The summed E-state index contributed by atoms with van der Waals surface area (Å²) < 4.78 is 0. The monoisotopic (exact) mass is 474 g/mol. The average molecular weight is 475 g/mol. The van der Waals surface area contributed by atoms with Crippen molar-refractivity contribution < 1.29 is 19.4 Å². The molecule has 0 heterocycles. The molecule has 0 aliphatic heterocycles. The first-order valence-corrected chi connectivity index (χ1v) is 9.52. The van der Waals surface area contributed by atoms with Crippen molar-refractivity contribution in [1.82, 2.24) is 0 Å². The molecule has 0 saturated heterocycles. The van der Waals surface area contributed by atoms with Gasteiger partial charge in [-0.15, -0.1) is 0 Å². The molecular formula is C20H12Cl2N4O6. The Kier molecular flexibility index (Phi) is 6.67. The zero-order valence-electron chi connectivity index (χ0n) is 15.9. The summed E-state index contributed by atoms with van der Waals surface area (Å²) in [6.45, 7) is 0. The van der Waals surface area contributed by atoms with E-state index in [0.717, 1.165) is 24.3 Å². The summed E-state index contributed by atoms with van der Waals surface area (Å²) in [4.78, 5) is 45.3. The molecule has 0 aromatic heterocycles. The number of benzene rings is 3. The second kappa shape index (κ2) is 9.41. The number of nitrogens with one attached hydrogen (secondary N) is 2. The minimum atomic E-state index is -0.628. The Labute approximate surface area is 190 Å². The van der Waals surface area contributed by atoms with Crippen molar-refractivity contribution in [1.29, 1.82) is 0 Å². The van der Waals surface area contributed by atoms with Crippen molar-refractivity contribution >= 4 is 57.8 Å². The van der Waals surface area contributed by atoms with Gasteiger partial charge in [0.15, 0.2) is 0 Å². The first-order chi connectivity index (χ1) is 15.2. The zero-order valence-corrected chi connectivity index (χ0v) is 17.4. The largest absolute Gasteiger partial charge is 0.322 e. The molecule has 32 heavy (non-hydrogen) atoms. The van der Waals surface area contributed by atoms with Crippen LogP contribution in [-0.4, -0.2) is 21.7 Å². The molecule has 0 aliphatic rings. The molecule has 0 unspecified atom stereocenters. The van der Waals surface area contributed by atoms with Gasteiger partial charge >= 0.3 is 0 Å². The highest BCUT2D eigenvalue weighted by molar-refractivity contribution is 6.35. The van der Waals surface area contributed by atoms with Crippen LogP contribution in [0.4, 0.5) is 22.7 Å². The molecule has 0 atom stereocenters. The van der Waals surface area contributed by atoms with E-state index in [1.54, 1.807) is 18.2 Å². The summed E-state index contributed by atoms with van der Waals surface area (Å²) >= 11 is 11.9. The van der Waals surface area contributed by atoms with Crippen LogP contribution in [0.3, 0.4) is 0 Å². The number of halogens is 2. The van der Waals surface area contributed by atoms with Gasteiger partial charge in [-0.1, -0.05) is 29.3 Å². The molecule has 3 aromatic rings. The number of nitrogens with zero attached hydrogens (tertiary/aromatic N) is 2. The van der Waals surface area contributed by atoms with Gasteiger partial charge in [0.1, 0.15) is 0 Å². The smallest absolute Gasteiger partial charge is 0.270 e. The van der Waals surface area contributed by atoms with Gasteiger partial charge in [-0.3, -0.25) is 29.8 Å². The van der Waals surface area contributed by atoms with Gasteiger partial charge in [0.2, 0.25) is 0 Å². The lowest BCUT2D eigenvalue weighted by Gasteiger charge is -2.10. The van der Waals surface area contributed by atoms with E-state index in [4.69, 9.17) is 23.2 Å². The number of rotatable bonds is 6. The van der Waals surface area contributed by atoms with Crippen molar-refractivity contribution in [2.45, 2.75) is 0 Å². The van der Waals surface area contributed by atoms with Crippen LogP contribution in [0.2, 0.25) is 10.0 Å². The van der Waals surface area contributed by atoms with Crippen LogP contribution >= 0.6 is 23.2 Å². The lowest BCUT2D eigenvalue weighted by atomic mass is 10.1. The number of nitro groups is 2. The molecule has 0 radical (unpaired) electrons. The van der Waals surface area contributed by atoms with Gasteiger partial charge in [0.25, 0.3) is 23.2 Å². The Bertz CT molecular complexity index is 1170. The molecule has 162 valence electrons. The van der Waals surface area contributed by atoms with E-state index in [2.05, 4.69) is 10.6 Å². The summed E-state index contributed by atoms with van der Waals surface area (Å²) in [7, 11) is 0. The van der Waals surface area contributed by atoms with Crippen LogP contribution in [0.5, 0.6) is 0 Å². The first kappa shape index (κ1) is 22.7. The van der Waals surface area contributed by atoms with Gasteiger partial charge in [-0.2, -0.15) is 0 Å². The van der Waals surface area contributed by atoms with E-state index in [0.29, 0.717) is 11.4 Å². The van der Waals surface area contributed by atoms with Crippen molar-refractivity contribution in [2.75, 3.05) is 10.6 Å². The highest BCUT2D eigenvalue weighted by Crippen LogP contribution is 2.26. The van der Waals surface area contributed by atoms with Gasteiger partial charge in [0.05, 0.1) is 31.0 Å². The summed E-state index contributed by atoms with van der Waals surface area (Å²) in [5.74, 6) is -1.21. The fourth-order valence-electron chi connectivity index (χ4n) is 2.68. The van der Waals surface area contributed by atoms with Gasteiger partial charge in [0, 0.05) is 35.6 Å². The number of nitro benzene ring substituents is 2. The molecular weight excluding hydrogens is 463 g/mol. The molecule has 2 amide bonds. The zero-order chi connectivity index (χ0) is 23.4. The summed E-state index contributed by atoms with van der Waals surface area (Å²) in [6.07, 6.45) is 0. The Hall–Kier alpha value is -4.02. The van der Waals surface area contributed by atoms with E-state index in [-0.39, 0.29) is 32.5 Å². The van der Waals surface area contributed by atoms with Gasteiger partial charge < -0.3 is 10.6 Å². The Morgan fingerprint density at radius 3 is 1.44 bits per heavy atom. The van der Waals surface area contributed by atoms with Crippen LogP contribution in [0.15, 0.2) is 60.7 Å². The second-order valence-corrected chi connectivity index (χ2v) is 7.15. The fraction of sp³-hybridized carbons (Fsp3) is 0. The SMILES string of the molecule is O=C(Nc1cccc(NC(=O)c2ccc([N+](=O)[O-])cc2Cl)c1)c1ccc([N+](=O)[O-])cc1Cl. The lowest BCUT2D eigenvalue weighted by Crippen LogP contribution is -2.14. The Morgan fingerprint density at radius 1 is 0.688 bits per heavy atom. The van der Waals surface area contributed by atoms with E-state index >= 15 is 0 Å². The van der Waals surface area contributed by atoms with Crippen molar-refractivity contribution in [3.8, 4) is 0 Å². The minimum Gasteiger partial charge on any atom is -0.322 e. The third-order valence-electron chi connectivity index (χ3n) is 4.19. The highest BCUT2D eigenvalue weighted by Gasteiger charge is 2.17. The molecule has 0 fully saturated rings. The molecule has 0 spiro atoms. The summed E-state index contributed by atoms with van der Waals surface area (Å²) in [5, 5.41) is 26.6. The molecule has 12 heteroatoms. The summed E-state index contributed by atoms with van der Waals surface area (Å²) in [6, 6.07) is 13.1. The van der Waals surface area contributed by atoms with Crippen LogP contribution < -0.4 is 10.6 Å². The van der Waals surface area contributed by atoms with Crippen LogP contribution in [-0.2, 0) is 0 Å². The molecule has 0 aliphatic carbocycles. The van der Waals surface area contributed by atoms with E-state index in [9.17, 15) is 29.8 Å². The lowest BCUT2D eigenvalue weighted by molar-refractivity contribution is -0.385. The number of anilines is 2. The Balaban J connectivity index is 1.74. The molecule has 0 saturated carbocycles. The standard InChI is InChI=1S/C20H12Cl2N4O6/c21-17-9-13(25(29)30)4-6-15(17)19(27)23-11-2-1-3-12(8-11)24-20(28)16-7-5-14(26(31)32)10-18(16)22/h1-10H,(H,23,27)(H,24,28). The maximum Gasteiger partial charge on any atom is 0.270 e. The predicted molar refractivity (Wildman–Crippen MR) is 119 cm³/mol. The first-order valence-electron chi connectivity index (χ1n) is 8.76. The van der Waals surface area contributed by atoms with Crippen molar-refractivity contribution in [3.05, 3.63) is 102 Å². The third kappa shape index (κ3) is 5.17. The number of non-ortho nitro benzene ring substituents is 2.